The maximum absolute atomic E-state index is 11.7. The van der Waals surface area contributed by atoms with Gasteiger partial charge < -0.3 is 0 Å². The van der Waals surface area contributed by atoms with E-state index in [1.165, 1.54) is 0 Å². The highest BCUT2D eigenvalue weighted by Crippen LogP contribution is 2.34. The van der Waals surface area contributed by atoms with Gasteiger partial charge in [0, 0.05) is 17.8 Å². The minimum atomic E-state index is -4.37. The Morgan fingerprint density at radius 1 is 1.42 bits per heavy atom. The van der Waals surface area contributed by atoms with E-state index in [2.05, 4.69) is 5.10 Å². The number of alkyl halides is 3. The zero-order valence-electron chi connectivity index (χ0n) is 5.55. The summed E-state index contributed by atoms with van der Waals surface area (Å²) in [7, 11) is 0. The van der Waals surface area contributed by atoms with E-state index >= 15 is 0 Å². The molecule has 1 aromatic heterocycles. The van der Waals surface area contributed by atoms with Crippen molar-refractivity contribution in [2.24, 2.45) is 0 Å². The van der Waals surface area contributed by atoms with Crippen LogP contribution in [0.25, 0.3) is 0 Å². The molecule has 0 saturated heterocycles. The molecule has 0 saturated carbocycles. The predicted octanol–water partition coefficient (Wildman–Crippen LogP) is 1.38. The normalized spacial score (nSPS) is 11.6. The third-order valence-corrected chi connectivity index (χ3v) is 1.54. The van der Waals surface area contributed by atoms with E-state index in [0.29, 0.717) is 0 Å². The molecule has 0 aliphatic heterocycles. The summed E-state index contributed by atoms with van der Waals surface area (Å²) in [6.45, 7) is 0. The molecule has 1 aromatic rings. The first-order chi connectivity index (χ1) is 5.47. The molecule has 0 amide bonds. The van der Waals surface area contributed by atoms with Crippen LogP contribution in [-0.2, 0) is 0 Å². The second kappa shape index (κ2) is 3.18. The maximum Gasteiger partial charge on any atom is 0.447 e. The zero-order chi connectivity index (χ0) is 9.19. The van der Waals surface area contributed by atoms with Gasteiger partial charge in [-0.1, -0.05) is 0 Å². The van der Waals surface area contributed by atoms with Gasteiger partial charge in [-0.2, -0.15) is 18.3 Å². The number of H-pyrrole nitrogens is 1. The molecule has 0 unspecified atom stereocenters. The molecule has 1 rings (SSSR count). The molecular weight excluding hydrogens is 193 g/mol. The molecule has 0 spiro atoms. The molecule has 0 aromatic carbocycles. The molecular formula is C5H3F3N2OS. The average Bonchev–Trinajstić information content (AvgIpc) is 1.91. The summed E-state index contributed by atoms with van der Waals surface area (Å²) in [5.41, 5.74) is -4.90. The second-order valence-electron chi connectivity index (χ2n) is 1.81. The number of aromatic amines is 1. The van der Waals surface area contributed by atoms with Crippen molar-refractivity contribution in [1.29, 1.82) is 0 Å². The number of halogens is 3. The maximum atomic E-state index is 11.7. The first kappa shape index (κ1) is 9.11. The van der Waals surface area contributed by atoms with Crippen LogP contribution in [0.2, 0.25) is 0 Å². The van der Waals surface area contributed by atoms with Crippen LogP contribution in [0.15, 0.2) is 22.0 Å². The second-order valence-corrected chi connectivity index (χ2v) is 2.89. The third-order valence-electron chi connectivity index (χ3n) is 0.874. The van der Waals surface area contributed by atoms with E-state index in [4.69, 9.17) is 0 Å². The lowest BCUT2D eigenvalue weighted by atomic mass is 10.6. The first-order valence-electron chi connectivity index (χ1n) is 2.79. The van der Waals surface area contributed by atoms with Crippen LogP contribution in [-0.4, -0.2) is 15.7 Å². The fourth-order valence-electron chi connectivity index (χ4n) is 0.507. The van der Waals surface area contributed by atoms with Gasteiger partial charge in [0.1, 0.15) is 5.03 Å². The van der Waals surface area contributed by atoms with Crippen molar-refractivity contribution in [2.45, 2.75) is 10.5 Å². The lowest BCUT2D eigenvalue weighted by molar-refractivity contribution is -0.0329. The molecule has 3 nitrogen and oxygen atoms in total. The van der Waals surface area contributed by atoms with Crippen molar-refractivity contribution in [3.05, 3.63) is 22.5 Å². The van der Waals surface area contributed by atoms with Crippen LogP contribution in [0.5, 0.6) is 0 Å². The van der Waals surface area contributed by atoms with Gasteiger partial charge in [0.2, 0.25) is 0 Å². The van der Waals surface area contributed by atoms with Crippen molar-refractivity contribution in [3.8, 4) is 0 Å². The summed E-state index contributed by atoms with van der Waals surface area (Å²) in [5, 5.41) is 4.79. The summed E-state index contributed by atoms with van der Waals surface area (Å²) < 4.78 is 35.0. The summed E-state index contributed by atoms with van der Waals surface area (Å²) in [6.07, 6.45) is 0. The zero-order valence-corrected chi connectivity index (χ0v) is 6.37. The number of hydrogen-bond donors (Lipinski definition) is 1. The van der Waals surface area contributed by atoms with E-state index in [-0.39, 0.29) is 16.8 Å². The molecule has 0 aliphatic rings. The number of nitrogens with zero attached hydrogens (tertiary/aromatic N) is 1. The lowest BCUT2D eigenvalue weighted by Gasteiger charge is -2.02. The summed E-state index contributed by atoms with van der Waals surface area (Å²) in [6, 6.07) is 2.00. The van der Waals surface area contributed by atoms with Gasteiger partial charge in [-0.25, -0.2) is 5.10 Å². The van der Waals surface area contributed by atoms with Crippen molar-refractivity contribution >= 4 is 11.8 Å². The van der Waals surface area contributed by atoms with Crippen molar-refractivity contribution < 1.29 is 13.2 Å². The van der Waals surface area contributed by atoms with Crippen LogP contribution in [0.1, 0.15) is 0 Å². The van der Waals surface area contributed by atoms with Crippen LogP contribution < -0.4 is 5.56 Å². The summed E-state index contributed by atoms with van der Waals surface area (Å²) >= 11 is -0.372. The Morgan fingerprint density at radius 3 is 2.50 bits per heavy atom. The Bertz CT molecular complexity index is 301. The molecule has 7 heteroatoms. The van der Waals surface area contributed by atoms with Gasteiger partial charge in [-0.3, -0.25) is 4.79 Å². The highest BCUT2D eigenvalue weighted by Gasteiger charge is 2.29. The monoisotopic (exact) mass is 196 g/mol. The van der Waals surface area contributed by atoms with Gasteiger partial charge >= 0.3 is 5.51 Å². The predicted molar refractivity (Wildman–Crippen MR) is 36.8 cm³/mol. The molecule has 0 atom stereocenters. The molecule has 0 radical (unpaired) electrons. The lowest BCUT2D eigenvalue weighted by Crippen LogP contribution is -2.07. The van der Waals surface area contributed by atoms with Gasteiger partial charge in [-0.15, -0.1) is 0 Å². The third kappa shape index (κ3) is 2.95. The Balaban J connectivity index is 2.78. The summed E-state index contributed by atoms with van der Waals surface area (Å²) in [5.74, 6) is 0. The number of aromatic nitrogens is 2. The topological polar surface area (TPSA) is 45.8 Å². The van der Waals surface area contributed by atoms with Crippen molar-refractivity contribution in [2.75, 3.05) is 0 Å². The largest absolute Gasteiger partial charge is 0.447 e. The highest BCUT2D eigenvalue weighted by molar-refractivity contribution is 8.00. The Morgan fingerprint density at radius 2 is 2.08 bits per heavy atom. The number of hydrogen-bond acceptors (Lipinski definition) is 3. The van der Waals surface area contributed by atoms with Crippen molar-refractivity contribution in [3.63, 3.8) is 0 Å². The smallest absolute Gasteiger partial charge is 0.268 e. The minimum Gasteiger partial charge on any atom is -0.268 e. The standard InChI is InChI=1S/C5H3F3N2OS/c6-5(7,8)12-4-2-1-3(11)9-10-4/h1-2H,(H,9,11). The number of rotatable bonds is 1. The molecule has 0 aliphatic carbocycles. The molecule has 0 bridgehead atoms. The SMILES string of the molecule is O=c1ccc(SC(F)(F)F)n[nH]1. The van der Waals surface area contributed by atoms with Crippen LogP contribution in [0, 0.1) is 0 Å². The fourth-order valence-corrected chi connectivity index (χ4v) is 0.972. The van der Waals surface area contributed by atoms with Gasteiger partial charge in [0.15, 0.2) is 0 Å². The van der Waals surface area contributed by atoms with Crippen LogP contribution in [0.4, 0.5) is 13.2 Å². The van der Waals surface area contributed by atoms with Gasteiger partial charge in [-0.05, 0) is 6.07 Å². The summed E-state index contributed by atoms with van der Waals surface area (Å²) in [4.78, 5) is 10.4. The quantitative estimate of drug-likeness (QED) is 0.690. The van der Waals surface area contributed by atoms with Gasteiger partial charge in [0.25, 0.3) is 5.56 Å². The van der Waals surface area contributed by atoms with Crippen LogP contribution in [0.3, 0.4) is 0 Å². The number of nitrogens with one attached hydrogen (secondary N) is 1. The average molecular weight is 196 g/mol. The van der Waals surface area contributed by atoms with Gasteiger partial charge in [0.05, 0.1) is 0 Å². The Kier molecular flexibility index (Phi) is 2.41. The van der Waals surface area contributed by atoms with E-state index in [1.807, 2.05) is 5.10 Å². The van der Waals surface area contributed by atoms with E-state index in [0.717, 1.165) is 12.1 Å². The molecule has 0 fully saturated rings. The molecule has 1 N–H and O–H groups in total. The number of thioether (sulfide) groups is 1. The Labute approximate surface area is 69.0 Å². The van der Waals surface area contributed by atoms with Crippen LogP contribution >= 0.6 is 11.8 Å². The highest BCUT2D eigenvalue weighted by atomic mass is 32.2. The first-order valence-corrected chi connectivity index (χ1v) is 3.60. The fraction of sp³-hybridized carbons (Fsp3) is 0.200. The molecule has 66 valence electrons. The van der Waals surface area contributed by atoms with E-state index in [1.54, 1.807) is 0 Å². The Hall–Kier alpha value is -0.980. The molecule has 12 heavy (non-hydrogen) atoms. The molecule has 1 heterocycles. The minimum absolute atomic E-state index is 0.276. The van der Waals surface area contributed by atoms with E-state index < -0.39 is 11.1 Å². The van der Waals surface area contributed by atoms with Crippen molar-refractivity contribution in [1.82, 2.24) is 10.2 Å². The van der Waals surface area contributed by atoms with E-state index in [9.17, 15) is 18.0 Å².